The van der Waals surface area contributed by atoms with E-state index in [-0.39, 0.29) is 29.4 Å². The SMILES string of the molecule is CC.CC.CCC(=O)Nc1ccc2c(c1)C(=O)OC21c2ccc(OC(=O)C(C)(C)C)cc2Oc2cc(OC(=O)C(C)(C)C)ccc21. The van der Waals surface area contributed by atoms with Crippen LogP contribution < -0.4 is 19.5 Å². The highest BCUT2D eigenvalue weighted by Crippen LogP contribution is 2.57. The Hall–Kier alpha value is -4.66. The normalized spacial score (nSPS) is 13.6. The van der Waals surface area contributed by atoms with Crippen molar-refractivity contribution < 1.29 is 38.1 Å². The van der Waals surface area contributed by atoms with Crippen LogP contribution in [0.25, 0.3) is 0 Å². The molecule has 46 heavy (non-hydrogen) atoms. The van der Waals surface area contributed by atoms with Gasteiger partial charge in [0, 0.05) is 40.9 Å². The zero-order valence-corrected chi connectivity index (χ0v) is 28.7. The van der Waals surface area contributed by atoms with Crippen molar-refractivity contribution >= 4 is 29.5 Å². The van der Waals surface area contributed by atoms with Gasteiger partial charge in [0.15, 0.2) is 5.60 Å². The minimum Gasteiger partial charge on any atom is -0.456 e. The quantitative estimate of drug-likeness (QED) is 0.225. The van der Waals surface area contributed by atoms with E-state index < -0.39 is 34.3 Å². The summed E-state index contributed by atoms with van der Waals surface area (Å²) in [7, 11) is 0. The van der Waals surface area contributed by atoms with Crippen LogP contribution in [0.5, 0.6) is 23.0 Å². The van der Waals surface area contributed by atoms with Gasteiger partial charge in [-0.15, -0.1) is 0 Å². The molecule has 3 aromatic rings. The first-order valence-corrected chi connectivity index (χ1v) is 15.7. The zero-order chi connectivity index (χ0) is 34.6. The number of amides is 1. The summed E-state index contributed by atoms with van der Waals surface area (Å²) in [5.41, 5.74) is -0.550. The van der Waals surface area contributed by atoms with Crippen molar-refractivity contribution in [2.75, 3.05) is 5.32 Å². The molecule has 0 saturated heterocycles. The predicted octanol–water partition coefficient (Wildman–Crippen LogP) is 8.56. The highest BCUT2D eigenvalue weighted by Gasteiger charge is 2.54. The molecule has 0 atom stereocenters. The highest BCUT2D eigenvalue weighted by atomic mass is 16.6. The minimum atomic E-state index is -1.41. The third-order valence-corrected chi connectivity index (χ3v) is 7.00. The number of carbonyl (C=O) groups is 4. The first-order chi connectivity index (χ1) is 21.6. The smallest absolute Gasteiger partial charge is 0.340 e. The van der Waals surface area contributed by atoms with Gasteiger partial charge in [0.1, 0.15) is 23.0 Å². The minimum absolute atomic E-state index is 0.188. The molecule has 9 heteroatoms. The van der Waals surface area contributed by atoms with Gasteiger partial charge in [0.05, 0.1) is 16.4 Å². The standard InChI is InChI=1S/C33H33NO8.2C2H6/c1-8-27(35)34-18-9-12-22-21(15-18)28(36)42-33(22)23-13-10-19(39-29(37)31(2,3)4)16-25(23)41-26-17-20(11-14-24(26)33)40-30(38)32(5,6)7;2*1-2/h9-17H,8H2,1-7H3,(H,34,35);2*1-2H3. The molecule has 2 aliphatic heterocycles. The summed E-state index contributed by atoms with van der Waals surface area (Å²) >= 11 is 0. The number of rotatable bonds is 4. The van der Waals surface area contributed by atoms with Crippen molar-refractivity contribution in [2.45, 2.75) is 88.2 Å². The van der Waals surface area contributed by atoms with E-state index >= 15 is 0 Å². The average Bonchev–Trinajstić information content (AvgIpc) is 3.29. The molecule has 246 valence electrons. The second-order valence-electron chi connectivity index (χ2n) is 12.4. The molecule has 3 aromatic carbocycles. The molecule has 5 rings (SSSR count). The van der Waals surface area contributed by atoms with Gasteiger partial charge in [-0.05, 0) is 77.9 Å². The number of anilines is 1. The molecule has 1 spiro atoms. The van der Waals surface area contributed by atoms with Crippen LogP contribution in [-0.2, 0) is 24.7 Å². The van der Waals surface area contributed by atoms with E-state index in [1.807, 2.05) is 27.7 Å². The summed E-state index contributed by atoms with van der Waals surface area (Å²) in [5, 5.41) is 2.78. The fourth-order valence-electron chi connectivity index (χ4n) is 4.66. The number of hydrogen-bond donors (Lipinski definition) is 1. The van der Waals surface area contributed by atoms with Crippen LogP contribution in [-0.4, -0.2) is 23.8 Å². The lowest BCUT2D eigenvalue weighted by atomic mass is 9.77. The van der Waals surface area contributed by atoms with Crippen LogP contribution in [0.15, 0.2) is 54.6 Å². The molecule has 0 bridgehead atoms. The second kappa shape index (κ2) is 13.8. The lowest BCUT2D eigenvalue weighted by Crippen LogP contribution is -2.33. The summed E-state index contributed by atoms with van der Waals surface area (Å²) in [6.45, 7) is 20.2. The van der Waals surface area contributed by atoms with Crippen molar-refractivity contribution in [3.63, 3.8) is 0 Å². The van der Waals surface area contributed by atoms with Crippen molar-refractivity contribution in [2.24, 2.45) is 10.8 Å². The Balaban J connectivity index is 0.00000139. The summed E-state index contributed by atoms with van der Waals surface area (Å²) in [4.78, 5) is 50.6. The molecule has 0 aliphatic carbocycles. The molecule has 0 saturated carbocycles. The largest absolute Gasteiger partial charge is 0.456 e. The molecule has 0 radical (unpaired) electrons. The summed E-state index contributed by atoms with van der Waals surface area (Å²) in [5.74, 6) is -0.520. The van der Waals surface area contributed by atoms with Gasteiger partial charge < -0.3 is 24.3 Å². The first kappa shape index (κ1) is 35.8. The summed E-state index contributed by atoms with van der Waals surface area (Å²) in [6, 6.07) is 14.8. The third-order valence-electron chi connectivity index (χ3n) is 7.00. The van der Waals surface area contributed by atoms with Crippen LogP contribution >= 0.6 is 0 Å². The van der Waals surface area contributed by atoms with Crippen molar-refractivity contribution in [3.8, 4) is 23.0 Å². The summed E-state index contributed by atoms with van der Waals surface area (Å²) < 4.78 is 23.7. The van der Waals surface area contributed by atoms with Gasteiger partial charge in [0.25, 0.3) is 0 Å². The molecule has 9 nitrogen and oxygen atoms in total. The number of fused-ring (bicyclic) bond motifs is 6. The van der Waals surface area contributed by atoms with Crippen molar-refractivity contribution in [1.29, 1.82) is 0 Å². The van der Waals surface area contributed by atoms with E-state index in [4.69, 9.17) is 18.9 Å². The van der Waals surface area contributed by atoms with Gasteiger partial charge in [0.2, 0.25) is 5.91 Å². The Labute approximate surface area is 271 Å². The lowest BCUT2D eigenvalue weighted by molar-refractivity contribution is -0.143. The molecule has 0 fully saturated rings. The van der Waals surface area contributed by atoms with Crippen LogP contribution in [0.2, 0.25) is 0 Å². The highest BCUT2D eigenvalue weighted by molar-refractivity contribution is 5.99. The molecule has 0 aromatic heterocycles. The van der Waals surface area contributed by atoms with Crippen LogP contribution in [0, 0.1) is 10.8 Å². The molecule has 2 heterocycles. The van der Waals surface area contributed by atoms with Crippen LogP contribution in [0.4, 0.5) is 5.69 Å². The Bertz CT molecular complexity index is 1560. The van der Waals surface area contributed by atoms with E-state index in [0.29, 0.717) is 33.9 Å². The monoisotopic (exact) mass is 631 g/mol. The van der Waals surface area contributed by atoms with Crippen molar-refractivity contribution in [1.82, 2.24) is 0 Å². The van der Waals surface area contributed by atoms with Crippen LogP contribution in [0.1, 0.15) is 110 Å². The maximum atomic E-state index is 13.4. The lowest BCUT2D eigenvalue weighted by Gasteiger charge is -2.36. The summed E-state index contributed by atoms with van der Waals surface area (Å²) in [6.07, 6.45) is 0.286. The number of ether oxygens (including phenoxy) is 4. The maximum absolute atomic E-state index is 13.4. The van der Waals surface area contributed by atoms with E-state index in [1.54, 1.807) is 103 Å². The second-order valence-corrected chi connectivity index (χ2v) is 12.4. The Morgan fingerprint density at radius 2 is 1.17 bits per heavy atom. The van der Waals surface area contributed by atoms with Gasteiger partial charge in [-0.25, -0.2) is 4.79 Å². The van der Waals surface area contributed by atoms with Crippen LogP contribution in [0.3, 0.4) is 0 Å². The van der Waals surface area contributed by atoms with Gasteiger partial charge in [-0.1, -0.05) is 40.7 Å². The fourth-order valence-corrected chi connectivity index (χ4v) is 4.66. The van der Waals surface area contributed by atoms with Gasteiger partial charge in [-0.3, -0.25) is 14.4 Å². The number of esters is 3. The topological polar surface area (TPSA) is 117 Å². The maximum Gasteiger partial charge on any atom is 0.340 e. The van der Waals surface area contributed by atoms with Gasteiger partial charge >= 0.3 is 17.9 Å². The van der Waals surface area contributed by atoms with Gasteiger partial charge in [-0.2, -0.15) is 0 Å². The zero-order valence-electron chi connectivity index (χ0n) is 28.7. The van der Waals surface area contributed by atoms with E-state index in [1.165, 1.54) is 0 Å². The number of nitrogens with one attached hydrogen (secondary N) is 1. The Kier molecular flexibility index (Phi) is 10.7. The molecule has 2 aliphatic rings. The number of carbonyl (C=O) groups excluding carboxylic acids is 4. The third kappa shape index (κ3) is 6.93. The molecular formula is C37H45NO8. The van der Waals surface area contributed by atoms with E-state index in [2.05, 4.69) is 5.32 Å². The average molecular weight is 632 g/mol. The van der Waals surface area contributed by atoms with E-state index in [9.17, 15) is 19.2 Å². The Morgan fingerprint density at radius 3 is 1.61 bits per heavy atom. The molecule has 1 N–H and O–H groups in total. The van der Waals surface area contributed by atoms with Crippen molar-refractivity contribution in [3.05, 3.63) is 76.9 Å². The Morgan fingerprint density at radius 1 is 0.717 bits per heavy atom. The first-order valence-electron chi connectivity index (χ1n) is 15.7. The number of benzene rings is 3. The van der Waals surface area contributed by atoms with E-state index in [0.717, 1.165) is 0 Å². The number of hydrogen-bond acceptors (Lipinski definition) is 8. The predicted molar refractivity (Wildman–Crippen MR) is 176 cm³/mol. The molecular weight excluding hydrogens is 586 g/mol. The molecule has 0 unspecified atom stereocenters. The fraction of sp³-hybridized carbons (Fsp3) is 0.405. The molecule has 1 amide bonds.